The highest BCUT2D eigenvalue weighted by atomic mass is 16.5. The quantitative estimate of drug-likeness (QED) is 0.748. The highest BCUT2D eigenvalue weighted by molar-refractivity contribution is 5.97. The molecular formula is C18H22N4O. The van der Waals surface area contributed by atoms with Crippen molar-refractivity contribution in [1.29, 1.82) is 0 Å². The number of benzene rings is 1. The molecule has 5 nitrogen and oxygen atoms in total. The minimum Gasteiger partial charge on any atom is -0.467 e. The maximum absolute atomic E-state index is 5.88. The highest BCUT2D eigenvalue weighted by Crippen LogP contribution is 2.18. The number of hydrogen-bond acceptors (Lipinski definition) is 5. The molecule has 2 atom stereocenters. The van der Waals surface area contributed by atoms with Crippen LogP contribution in [-0.2, 0) is 0 Å². The molecule has 3 rings (SSSR count). The molecule has 0 saturated carbocycles. The molecule has 0 spiro atoms. The molecule has 0 bridgehead atoms. The molecule has 0 aromatic heterocycles. The Morgan fingerprint density at radius 1 is 1.30 bits per heavy atom. The summed E-state index contributed by atoms with van der Waals surface area (Å²) < 4.78 is 5.88. The van der Waals surface area contributed by atoms with Crippen LogP contribution in [0.3, 0.4) is 0 Å². The van der Waals surface area contributed by atoms with Crippen molar-refractivity contribution in [2.24, 2.45) is 4.99 Å². The largest absolute Gasteiger partial charge is 0.467 e. The van der Waals surface area contributed by atoms with Gasteiger partial charge in [-0.1, -0.05) is 6.92 Å². The first-order chi connectivity index (χ1) is 11.1. The number of aliphatic imine (C=N–C) groups is 1. The Balaban J connectivity index is 1.65. The number of anilines is 1. The molecule has 5 heteroatoms. The molecule has 1 aromatic carbocycles. The van der Waals surface area contributed by atoms with Crippen LogP contribution in [0.5, 0.6) is 5.75 Å². The summed E-state index contributed by atoms with van der Waals surface area (Å²) in [5.41, 5.74) is 8.66. The fourth-order valence-electron chi connectivity index (χ4n) is 2.59. The van der Waals surface area contributed by atoms with Gasteiger partial charge in [-0.2, -0.15) is 0 Å². The van der Waals surface area contributed by atoms with E-state index in [1.165, 1.54) is 5.57 Å². The molecule has 0 saturated heterocycles. The standard InChI is InChI=1S/C18H22N4O/c1-3-16-12(2)10-17(22-16)21-14-8-9-20-18(11-14)23-15-6-4-13(19)5-7-15/h4-11,16,18,20H,3,19H2,1-2H3,(H,21,22). The minimum absolute atomic E-state index is 0.236. The van der Waals surface area contributed by atoms with Gasteiger partial charge in [-0.25, -0.2) is 0 Å². The molecule has 0 aliphatic carbocycles. The van der Waals surface area contributed by atoms with Gasteiger partial charge >= 0.3 is 0 Å². The highest BCUT2D eigenvalue weighted by Gasteiger charge is 2.17. The van der Waals surface area contributed by atoms with Crippen LogP contribution >= 0.6 is 0 Å². The predicted molar refractivity (Wildman–Crippen MR) is 94.0 cm³/mol. The molecule has 23 heavy (non-hydrogen) atoms. The zero-order valence-corrected chi connectivity index (χ0v) is 13.4. The number of nitrogens with one attached hydrogen (secondary N) is 2. The van der Waals surface area contributed by atoms with Gasteiger partial charge in [0.25, 0.3) is 0 Å². The molecule has 2 aliphatic heterocycles. The first-order valence-electron chi connectivity index (χ1n) is 7.83. The third kappa shape index (κ3) is 3.74. The summed E-state index contributed by atoms with van der Waals surface area (Å²) in [5, 5.41) is 6.51. The van der Waals surface area contributed by atoms with E-state index in [0.717, 1.165) is 29.4 Å². The van der Waals surface area contributed by atoms with Gasteiger partial charge in [0.15, 0.2) is 6.23 Å². The molecule has 2 aliphatic rings. The molecule has 2 unspecified atom stereocenters. The Hall–Kier alpha value is -2.69. The second kappa shape index (κ2) is 6.60. The average Bonchev–Trinajstić information content (AvgIpc) is 2.89. The van der Waals surface area contributed by atoms with Gasteiger partial charge in [0.1, 0.15) is 11.6 Å². The smallest absolute Gasteiger partial charge is 0.191 e. The van der Waals surface area contributed by atoms with E-state index in [1.54, 1.807) is 0 Å². The second-order valence-electron chi connectivity index (χ2n) is 5.68. The summed E-state index contributed by atoms with van der Waals surface area (Å²) in [5.74, 6) is 1.67. The molecule has 120 valence electrons. The third-order valence-corrected chi connectivity index (χ3v) is 3.84. The maximum Gasteiger partial charge on any atom is 0.191 e. The van der Waals surface area contributed by atoms with E-state index in [-0.39, 0.29) is 6.23 Å². The zero-order chi connectivity index (χ0) is 16.2. The lowest BCUT2D eigenvalue weighted by Gasteiger charge is -2.21. The Labute approximate surface area is 136 Å². The van der Waals surface area contributed by atoms with E-state index in [0.29, 0.717) is 6.04 Å². The van der Waals surface area contributed by atoms with Crippen molar-refractivity contribution >= 4 is 11.5 Å². The van der Waals surface area contributed by atoms with Gasteiger partial charge in [-0.05, 0) is 55.3 Å². The average molecular weight is 310 g/mol. The van der Waals surface area contributed by atoms with Crippen molar-refractivity contribution in [2.45, 2.75) is 32.5 Å². The fourth-order valence-corrected chi connectivity index (χ4v) is 2.59. The van der Waals surface area contributed by atoms with Crippen LogP contribution in [0.1, 0.15) is 20.3 Å². The molecule has 0 radical (unpaired) electrons. The number of hydrogen-bond donors (Lipinski definition) is 3. The zero-order valence-electron chi connectivity index (χ0n) is 13.4. The summed E-state index contributed by atoms with van der Waals surface area (Å²) in [6.07, 6.45) is 8.70. The molecule has 4 N–H and O–H groups in total. The Morgan fingerprint density at radius 3 is 2.78 bits per heavy atom. The molecule has 1 aromatic rings. The van der Waals surface area contributed by atoms with Crippen LogP contribution in [0.25, 0.3) is 0 Å². The predicted octanol–water partition coefficient (Wildman–Crippen LogP) is 2.70. The van der Waals surface area contributed by atoms with Crippen LogP contribution < -0.4 is 21.1 Å². The molecule has 2 heterocycles. The summed E-state index contributed by atoms with van der Waals surface area (Å²) in [6, 6.07) is 7.65. The van der Waals surface area contributed by atoms with Crippen molar-refractivity contribution in [1.82, 2.24) is 10.6 Å². The van der Waals surface area contributed by atoms with E-state index in [1.807, 2.05) is 42.6 Å². The van der Waals surface area contributed by atoms with Crippen molar-refractivity contribution in [3.8, 4) is 5.75 Å². The molecule has 0 fully saturated rings. The van der Waals surface area contributed by atoms with E-state index in [9.17, 15) is 0 Å². The van der Waals surface area contributed by atoms with Gasteiger partial charge < -0.3 is 21.1 Å². The topological polar surface area (TPSA) is 71.7 Å². The van der Waals surface area contributed by atoms with Crippen LogP contribution in [-0.4, -0.2) is 18.1 Å². The monoisotopic (exact) mass is 310 g/mol. The normalized spacial score (nSPS) is 22.8. The van der Waals surface area contributed by atoms with Gasteiger partial charge in [0, 0.05) is 23.7 Å². The van der Waals surface area contributed by atoms with Crippen molar-refractivity contribution in [3.05, 3.63) is 60.0 Å². The van der Waals surface area contributed by atoms with Gasteiger partial charge in [0.05, 0.1) is 6.04 Å². The third-order valence-electron chi connectivity index (χ3n) is 3.84. The number of nitrogens with zero attached hydrogens (tertiary/aromatic N) is 1. The number of ether oxygens (including phenoxy) is 1. The van der Waals surface area contributed by atoms with Crippen LogP contribution in [0.2, 0.25) is 0 Å². The number of allylic oxidation sites excluding steroid dienone is 1. The van der Waals surface area contributed by atoms with E-state index in [4.69, 9.17) is 10.5 Å². The SMILES string of the molecule is CCC1N=C(NC2=CC(Oc3ccc(N)cc3)NC=C2)C=C1C. The number of nitrogens with two attached hydrogens (primary N) is 1. The fraction of sp³-hybridized carbons (Fsp3) is 0.278. The number of dihydropyridines is 1. The molecular weight excluding hydrogens is 288 g/mol. The Morgan fingerprint density at radius 2 is 2.09 bits per heavy atom. The van der Waals surface area contributed by atoms with Crippen LogP contribution in [0.15, 0.2) is 65.0 Å². The van der Waals surface area contributed by atoms with Gasteiger partial charge in [-0.3, -0.25) is 4.99 Å². The summed E-state index contributed by atoms with van der Waals surface area (Å²) in [4.78, 5) is 4.66. The number of nitrogen functional groups attached to an aromatic ring is 1. The summed E-state index contributed by atoms with van der Waals surface area (Å²) in [6.45, 7) is 4.26. The van der Waals surface area contributed by atoms with Crippen molar-refractivity contribution < 1.29 is 4.74 Å². The lowest BCUT2D eigenvalue weighted by Crippen LogP contribution is -2.33. The number of amidine groups is 1. The summed E-state index contributed by atoms with van der Waals surface area (Å²) >= 11 is 0. The summed E-state index contributed by atoms with van der Waals surface area (Å²) in [7, 11) is 0. The van der Waals surface area contributed by atoms with Crippen molar-refractivity contribution in [3.63, 3.8) is 0 Å². The van der Waals surface area contributed by atoms with E-state index < -0.39 is 0 Å². The van der Waals surface area contributed by atoms with Crippen LogP contribution in [0.4, 0.5) is 5.69 Å². The first kappa shape index (κ1) is 15.2. The van der Waals surface area contributed by atoms with Gasteiger partial charge in [0.2, 0.25) is 0 Å². The minimum atomic E-state index is -0.236. The van der Waals surface area contributed by atoms with Crippen LogP contribution in [0, 0.1) is 0 Å². The lowest BCUT2D eigenvalue weighted by molar-refractivity contribution is 0.226. The number of rotatable bonds is 4. The second-order valence-corrected chi connectivity index (χ2v) is 5.68. The van der Waals surface area contributed by atoms with E-state index >= 15 is 0 Å². The lowest BCUT2D eigenvalue weighted by atomic mass is 10.1. The maximum atomic E-state index is 5.88. The Kier molecular flexibility index (Phi) is 4.37. The van der Waals surface area contributed by atoms with Gasteiger partial charge in [-0.15, -0.1) is 0 Å². The van der Waals surface area contributed by atoms with E-state index in [2.05, 4.69) is 35.5 Å². The first-order valence-corrected chi connectivity index (χ1v) is 7.83. The van der Waals surface area contributed by atoms with Crippen molar-refractivity contribution in [2.75, 3.05) is 5.73 Å². The Bertz CT molecular complexity index is 685. The molecule has 0 amide bonds.